The lowest BCUT2D eigenvalue weighted by atomic mass is 9.62. The molecule has 0 saturated heterocycles. The Balaban J connectivity index is 1.88. The Morgan fingerprint density at radius 1 is 1.00 bits per heavy atom. The minimum Gasteiger partial charge on any atom is -0.444 e. The molecule has 3 rings (SSSR count). The summed E-state index contributed by atoms with van der Waals surface area (Å²) in [6.07, 6.45) is 2.02. The van der Waals surface area contributed by atoms with Crippen LogP contribution in [-0.2, 0) is 10.3 Å². The van der Waals surface area contributed by atoms with Crippen LogP contribution in [0.3, 0.4) is 0 Å². The maximum atomic E-state index is 13.3. The van der Waals surface area contributed by atoms with Crippen molar-refractivity contribution in [3.8, 4) is 0 Å². The molecule has 0 bridgehead atoms. The first kappa shape index (κ1) is 24.5. The van der Waals surface area contributed by atoms with Crippen molar-refractivity contribution in [1.82, 2.24) is 10.2 Å². The number of hydrogen-bond acceptors (Lipinski definition) is 5. The molecule has 0 aliphatic heterocycles. The lowest BCUT2D eigenvalue weighted by Gasteiger charge is -2.52. The quantitative estimate of drug-likeness (QED) is 0.491. The van der Waals surface area contributed by atoms with E-state index in [0.717, 1.165) is 11.1 Å². The van der Waals surface area contributed by atoms with Crippen molar-refractivity contribution in [2.24, 2.45) is 0 Å². The van der Waals surface area contributed by atoms with E-state index in [1.54, 1.807) is 19.1 Å². The highest BCUT2D eigenvalue weighted by Crippen LogP contribution is 2.48. The van der Waals surface area contributed by atoms with E-state index in [9.17, 15) is 14.7 Å². The first-order valence-electron chi connectivity index (χ1n) is 11.1. The summed E-state index contributed by atoms with van der Waals surface area (Å²) in [5.41, 5.74) is 0.581. The summed E-state index contributed by atoms with van der Waals surface area (Å²) >= 11 is 0. The van der Waals surface area contributed by atoms with Gasteiger partial charge in [-0.25, -0.2) is 4.79 Å². The molecule has 176 valence electrons. The summed E-state index contributed by atoms with van der Waals surface area (Å²) in [6, 6.07) is 16.8. The molecule has 6 nitrogen and oxygen atoms in total. The number of nitrogens with zero attached hydrogens (tertiary/aromatic N) is 1. The predicted octanol–water partition coefficient (Wildman–Crippen LogP) is 4.74. The van der Waals surface area contributed by atoms with Crippen LogP contribution in [0, 0.1) is 0 Å². The molecule has 1 fully saturated rings. The van der Waals surface area contributed by atoms with Gasteiger partial charge < -0.3 is 20.1 Å². The van der Waals surface area contributed by atoms with Crippen molar-refractivity contribution in [1.29, 1.82) is 0 Å². The van der Waals surface area contributed by atoms with Crippen LogP contribution in [0.15, 0.2) is 60.8 Å². The summed E-state index contributed by atoms with van der Waals surface area (Å²) in [4.78, 5) is 27.7. The molecular weight excluding hydrogens is 416 g/mol. The molecule has 2 N–H and O–H groups in total. The zero-order valence-electron chi connectivity index (χ0n) is 20.3. The maximum Gasteiger partial charge on any atom is 0.408 e. The Morgan fingerprint density at radius 3 is 2.06 bits per heavy atom. The van der Waals surface area contributed by atoms with Crippen LogP contribution in [0.25, 0.3) is 5.57 Å². The number of nitrogens with one attached hydrogen (secondary N) is 1. The Kier molecular flexibility index (Phi) is 6.70. The molecule has 1 aliphatic rings. The van der Waals surface area contributed by atoms with Gasteiger partial charge in [0.1, 0.15) is 5.60 Å². The van der Waals surface area contributed by atoms with Crippen molar-refractivity contribution in [2.45, 2.75) is 57.3 Å². The van der Waals surface area contributed by atoms with Gasteiger partial charge in [-0.05, 0) is 38.8 Å². The maximum absolute atomic E-state index is 13.3. The second kappa shape index (κ2) is 9.02. The lowest BCUT2D eigenvalue weighted by molar-refractivity contribution is -0.0892. The highest BCUT2D eigenvalue weighted by Gasteiger charge is 2.53. The van der Waals surface area contributed by atoms with Gasteiger partial charge in [0.25, 0.3) is 0 Å². The average Bonchev–Trinajstić information content (AvgIpc) is 2.69. The first-order valence-corrected chi connectivity index (χ1v) is 11.1. The smallest absolute Gasteiger partial charge is 0.408 e. The molecule has 1 aliphatic carbocycles. The fraction of sp³-hybridized carbons (Fsp3) is 0.407. The number of carbonyl (C=O) groups is 2. The standard InChI is InChI=1S/C27H34N2O4/c1-25(2,3)33-24(31)28-27(17-26(4,32)18-27)21-14-12-20(13-15-21)23(30)22(16-29(5)6)19-10-8-7-9-11-19/h7-16,32H,17-18H2,1-6H3,(H,28,31). The van der Waals surface area contributed by atoms with Gasteiger partial charge >= 0.3 is 6.09 Å². The summed E-state index contributed by atoms with van der Waals surface area (Å²) in [6.45, 7) is 7.17. The molecular formula is C27H34N2O4. The SMILES string of the molecule is CN(C)C=C(C(=O)c1ccc(C2(NC(=O)OC(C)(C)C)CC(C)(O)C2)cc1)c1ccccc1. The van der Waals surface area contributed by atoms with E-state index in [4.69, 9.17) is 4.74 Å². The fourth-order valence-corrected chi connectivity index (χ4v) is 4.35. The van der Waals surface area contributed by atoms with E-state index < -0.39 is 22.8 Å². The number of ketones is 1. The van der Waals surface area contributed by atoms with Crippen LogP contribution in [-0.4, -0.2) is 47.2 Å². The third kappa shape index (κ3) is 6.02. The van der Waals surface area contributed by atoms with Gasteiger partial charge in [0.15, 0.2) is 5.78 Å². The van der Waals surface area contributed by atoms with Crippen molar-refractivity contribution < 1.29 is 19.4 Å². The van der Waals surface area contributed by atoms with E-state index in [1.807, 2.05) is 88.4 Å². The van der Waals surface area contributed by atoms with Gasteiger partial charge in [-0.2, -0.15) is 0 Å². The Labute approximate surface area is 196 Å². The number of rotatable bonds is 6. The highest BCUT2D eigenvalue weighted by atomic mass is 16.6. The summed E-state index contributed by atoms with van der Waals surface area (Å²) < 4.78 is 5.44. The van der Waals surface area contributed by atoms with Crippen LogP contribution in [0.2, 0.25) is 0 Å². The van der Waals surface area contributed by atoms with Crippen molar-refractivity contribution >= 4 is 17.4 Å². The second-order valence-electron chi connectivity index (χ2n) is 10.3. The van der Waals surface area contributed by atoms with Crippen molar-refractivity contribution in [3.63, 3.8) is 0 Å². The van der Waals surface area contributed by atoms with Gasteiger partial charge in [-0.3, -0.25) is 4.79 Å². The van der Waals surface area contributed by atoms with Crippen LogP contribution < -0.4 is 5.32 Å². The van der Waals surface area contributed by atoms with E-state index in [-0.39, 0.29) is 5.78 Å². The second-order valence-corrected chi connectivity index (χ2v) is 10.3. The number of hydrogen-bond donors (Lipinski definition) is 2. The number of benzene rings is 2. The fourth-order valence-electron chi connectivity index (χ4n) is 4.35. The number of aliphatic hydroxyl groups is 1. The van der Waals surface area contributed by atoms with Crippen molar-refractivity contribution in [2.75, 3.05) is 14.1 Å². The number of carbonyl (C=O) groups excluding carboxylic acids is 2. The van der Waals surface area contributed by atoms with E-state index in [1.165, 1.54) is 0 Å². The highest BCUT2D eigenvalue weighted by molar-refractivity contribution is 6.28. The number of allylic oxidation sites excluding steroid dienone is 1. The van der Waals surface area contributed by atoms with Crippen LogP contribution in [0.5, 0.6) is 0 Å². The minimum absolute atomic E-state index is 0.0868. The molecule has 1 amide bonds. The monoisotopic (exact) mass is 450 g/mol. The molecule has 0 radical (unpaired) electrons. The zero-order chi connectivity index (χ0) is 24.4. The van der Waals surface area contributed by atoms with Crippen LogP contribution in [0.4, 0.5) is 4.79 Å². The Hall–Kier alpha value is -3.12. The molecule has 0 atom stereocenters. The van der Waals surface area contributed by atoms with Gasteiger partial charge in [0, 0.05) is 44.3 Å². The minimum atomic E-state index is -0.877. The van der Waals surface area contributed by atoms with E-state index >= 15 is 0 Å². The Morgan fingerprint density at radius 2 is 1.58 bits per heavy atom. The van der Waals surface area contributed by atoms with Gasteiger partial charge in [0.2, 0.25) is 0 Å². The van der Waals surface area contributed by atoms with Crippen LogP contribution >= 0.6 is 0 Å². The summed E-state index contributed by atoms with van der Waals surface area (Å²) in [5, 5.41) is 13.4. The molecule has 2 aromatic carbocycles. The van der Waals surface area contributed by atoms with E-state index in [2.05, 4.69) is 5.32 Å². The van der Waals surface area contributed by atoms with Gasteiger partial charge in [-0.1, -0.05) is 54.6 Å². The van der Waals surface area contributed by atoms with Gasteiger partial charge in [-0.15, -0.1) is 0 Å². The third-order valence-electron chi connectivity index (χ3n) is 5.52. The van der Waals surface area contributed by atoms with Crippen LogP contribution in [0.1, 0.15) is 62.0 Å². The molecule has 33 heavy (non-hydrogen) atoms. The number of alkyl carbamates (subject to hydrolysis) is 1. The lowest BCUT2D eigenvalue weighted by Crippen LogP contribution is -2.62. The molecule has 2 aromatic rings. The van der Waals surface area contributed by atoms with E-state index in [0.29, 0.717) is 24.0 Å². The summed E-state index contributed by atoms with van der Waals surface area (Å²) in [7, 11) is 3.77. The normalized spacial score (nSPS) is 22.8. The number of Topliss-reactive ketones (excluding diaryl/α,β-unsaturated/α-hetero) is 1. The molecule has 6 heteroatoms. The molecule has 0 heterocycles. The third-order valence-corrected chi connectivity index (χ3v) is 5.52. The topological polar surface area (TPSA) is 78.9 Å². The number of ether oxygens (including phenoxy) is 1. The largest absolute Gasteiger partial charge is 0.444 e. The molecule has 0 aromatic heterocycles. The van der Waals surface area contributed by atoms with Crippen molar-refractivity contribution in [3.05, 3.63) is 77.5 Å². The molecule has 0 unspecified atom stereocenters. The molecule has 0 spiro atoms. The number of amides is 1. The zero-order valence-corrected chi connectivity index (χ0v) is 20.3. The average molecular weight is 451 g/mol. The molecule has 1 saturated carbocycles. The van der Waals surface area contributed by atoms with Gasteiger partial charge in [0.05, 0.1) is 11.1 Å². The Bertz CT molecular complexity index is 1020. The summed E-state index contributed by atoms with van der Waals surface area (Å²) in [5.74, 6) is -0.0868. The predicted molar refractivity (Wildman–Crippen MR) is 130 cm³/mol. The first-order chi connectivity index (χ1) is 15.3.